The topological polar surface area (TPSA) is 34.4 Å². The van der Waals surface area contributed by atoms with Crippen molar-refractivity contribution in [1.82, 2.24) is 5.32 Å². The Bertz CT molecular complexity index is 524. The van der Waals surface area contributed by atoms with Crippen LogP contribution in [0.1, 0.15) is 38.5 Å². The summed E-state index contributed by atoms with van der Waals surface area (Å²) in [6.07, 6.45) is 2.31. The molecule has 3 nitrogen and oxygen atoms in total. The second-order valence-electron chi connectivity index (χ2n) is 5.81. The number of benzene rings is 1. The zero-order valence-corrected chi connectivity index (χ0v) is 12.3. The molecule has 1 aliphatic rings. The number of para-hydroxylation sites is 1. The van der Waals surface area contributed by atoms with Crippen molar-refractivity contribution in [2.24, 2.45) is 5.92 Å². The molecule has 1 aromatic carbocycles. The maximum atomic E-state index is 5.93. The molecule has 2 aromatic rings. The zero-order chi connectivity index (χ0) is 13.9. The van der Waals surface area contributed by atoms with Gasteiger partial charge in [-0.3, -0.25) is 0 Å². The van der Waals surface area contributed by atoms with Crippen molar-refractivity contribution in [3.05, 3.63) is 36.1 Å². The van der Waals surface area contributed by atoms with Gasteiger partial charge in [-0.15, -0.1) is 0 Å². The molecular weight excluding hydrogens is 250 g/mol. The molecule has 1 aromatic heterocycles. The zero-order valence-electron chi connectivity index (χ0n) is 12.3. The number of ether oxygens (including phenoxy) is 1. The molecule has 3 heteroatoms. The molecule has 2 atom stereocenters. The van der Waals surface area contributed by atoms with E-state index in [4.69, 9.17) is 9.15 Å². The highest BCUT2D eigenvalue weighted by atomic mass is 16.5. The first kappa shape index (κ1) is 13.7. The molecular formula is C17H23NO2. The van der Waals surface area contributed by atoms with Gasteiger partial charge in [0.15, 0.2) is 0 Å². The minimum absolute atomic E-state index is 0.236. The summed E-state index contributed by atoms with van der Waals surface area (Å²) in [6, 6.07) is 11.0. The van der Waals surface area contributed by atoms with Crippen LogP contribution in [0.5, 0.6) is 0 Å². The van der Waals surface area contributed by atoms with Crippen LogP contribution in [0.25, 0.3) is 11.0 Å². The van der Waals surface area contributed by atoms with E-state index in [2.05, 4.69) is 31.3 Å². The molecule has 0 amide bonds. The van der Waals surface area contributed by atoms with Gasteiger partial charge in [-0.25, -0.2) is 0 Å². The fourth-order valence-corrected chi connectivity index (χ4v) is 3.04. The Hall–Kier alpha value is -1.32. The van der Waals surface area contributed by atoms with Crippen molar-refractivity contribution in [1.29, 1.82) is 0 Å². The van der Waals surface area contributed by atoms with Crippen LogP contribution in [0.3, 0.4) is 0 Å². The normalized spacial score (nSPS) is 20.1. The molecule has 0 radical (unpaired) electrons. The largest absolute Gasteiger partial charge is 0.459 e. The summed E-state index contributed by atoms with van der Waals surface area (Å²) in [7, 11) is 0. The van der Waals surface area contributed by atoms with Gasteiger partial charge in [0, 0.05) is 24.6 Å². The molecule has 1 aliphatic heterocycles. The maximum absolute atomic E-state index is 5.93. The van der Waals surface area contributed by atoms with E-state index in [0.29, 0.717) is 12.0 Å². The summed E-state index contributed by atoms with van der Waals surface area (Å²) in [5, 5.41) is 4.85. The molecule has 1 N–H and O–H groups in total. The summed E-state index contributed by atoms with van der Waals surface area (Å²) in [4.78, 5) is 0. The van der Waals surface area contributed by atoms with Crippen LogP contribution in [-0.4, -0.2) is 19.3 Å². The maximum Gasteiger partial charge on any atom is 0.134 e. The molecule has 1 fully saturated rings. The van der Waals surface area contributed by atoms with E-state index in [1.165, 1.54) is 5.39 Å². The highest BCUT2D eigenvalue weighted by molar-refractivity contribution is 5.77. The number of furan rings is 1. The van der Waals surface area contributed by atoms with E-state index in [0.717, 1.165) is 37.4 Å². The van der Waals surface area contributed by atoms with Crippen molar-refractivity contribution in [3.63, 3.8) is 0 Å². The predicted octanol–water partition coefficient (Wildman–Crippen LogP) is 3.90. The van der Waals surface area contributed by atoms with Crippen LogP contribution >= 0.6 is 0 Å². The molecule has 3 rings (SSSR count). The third kappa shape index (κ3) is 2.89. The van der Waals surface area contributed by atoms with Crippen molar-refractivity contribution >= 4 is 11.0 Å². The number of fused-ring (bicyclic) bond motifs is 1. The first-order valence-electron chi connectivity index (χ1n) is 7.56. The molecule has 2 unspecified atom stereocenters. The van der Waals surface area contributed by atoms with Crippen LogP contribution in [0.15, 0.2) is 34.7 Å². The van der Waals surface area contributed by atoms with Gasteiger partial charge < -0.3 is 14.5 Å². The lowest BCUT2D eigenvalue weighted by Crippen LogP contribution is -2.38. The minimum Gasteiger partial charge on any atom is -0.459 e. The van der Waals surface area contributed by atoms with Gasteiger partial charge in [-0.1, -0.05) is 18.2 Å². The highest BCUT2D eigenvalue weighted by Gasteiger charge is 2.23. The van der Waals surface area contributed by atoms with Gasteiger partial charge in [0.2, 0.25) is 0 Å². The van der Waals surface area contributed by atoms with E-state index in [-0.39, 0.29) is 6.04 Å². The molecule has 108 valence electrons. The Morgan fingerprint density at radius 2 is 1.90 bits per heavy atom. The van der Waals surface area contributed by atoms with E-state index < -0.39 is 0 Å². The summed E-state index contributed by atoms with van der Waals surface area (Å²) >= 11 is 0. The summed E-state index contributed by atoms with van der Waals surface area (Å²) in [5.41, 5.74) is 0.967. The average Bonchev–Trinajstić information content (AvgIpc) is 2.92. The summed E-state index contributed by atoms with van der Waals surface area (Å²) < 4.78 is 11.4. The van der Waals surface area contributed by atoms with Crippen molar-refractivity contribution in [3.8, 4) is 0 Å². The number of nitrogens with one attached hydrogen (secondary N) is 1. The standard InChI is InChI=1S/C17H23NO2/c1-12(14-7-9-19-10-8-14)18-13(2)17-11-15-5-3-4-6-16(15)20-17/h3-6,11-14,18H,7-10H2,1-2H3. The van der Waals surface area contributed by atoms with Crippen molar-refractivity contribution in [2.75, 3.05) is 13.2 Å². The Morgan fingerprint density at radius 3 is 2.65 bits per heavy atom. The fraction of sp³-hybridized carbons (Fsp3) is 0.529. The van der Waals surface area contributed by atoms with Gasteiger partial charge in [0.05, 0.1) is 6.04 Å². The van der Waals surface area contributed by atoms with Crippen molar-refractivity contribution < 1.29 is 9.15 Å². The predicted molar refractivity (Wildman–Crippen MR) is 80.8 cm³/mol. The van der Waals surface area contributed by atoms with E-state index >= 15 is 0 Å². The average molecular weight is 273 g/mol. The molecule has 20 heavy (non-hydrogen) atoms. The first-order valence-corrected chi connectivity index (χ1v) is 7.56. The summed E-state index contributed by atoms with van der Waals surface area (Å²) in [6.45, 7) is 6.24. The smallest absolute Gasteiger partial charge is 0.134 e. The van der Waals surface area contributed by atoms with Crippen LogP contribution in [0, 0.1) is 5.92 Å². The highest BCUT2D eigenvalue weighted by Crippen LogP contribution is 2.26. The van der Waals surface area contributed by atoms with E-state index in [1.807, 2.05) is 18.2 Å². The molecule has 1 saturated heterocycles. The van der Waals surface area contributed by atoms with Crippen LogP contribution < -0.4 is 5.32 Å². The van der Waals surface area contributed by atoms with E-state index in [1.54, 1.807) is 0 Å². The first-order chi connectivity index (χ1) is 9.74. The van der Waals surface area contributed by atoms with Gasteiger partial charge in [0.25, 0.3) is 0 Å². The van der Waals surface area contributed by atoms with Gasteiger partial charge in [-0.2, -0.15) is 0 Å². The lowest BCUT2D eigenvalue weighted by atomic mass is 9.92. The van der Waals surface area contributed by atoms with Gasteiger partial charge in [0.1, 0.15) is 11.3 Å². The van der Waals surface area contributed by atoms with Crippen LogP contribution in [-0.2, 0) is 4.74 Å². The third-order valence-corrected chi connectivity index (χ3v) is 4.36. The quantitative estimate of drug-likeness (QED) is 0.917. The Morgan fingerprint density at radius 1 is 1.15 bits per heavy atom. The fourth-order valence-electron chi connectivity index (χ4n) is 3.04. The third-order valence-electron chi connectivity index (χ3n) is 4.36. The van der Waals surface area contributed by atoms with Crippen LogP contribution in [0.2, 0.25) is 0 Å². The molecule has 0 bridgehead atoms. The van der Waals surface area contributed by atoms with Gasteiger partial charge >= 0.3 is 0 Å². The lowest BCUT2D eigenvalue weighted by Gasteiger charge is -2.30. The Labute approximate surface area is 120 Å². The minimum atomic E-state index is 0.236. The Balaban J connectivity index is 1.67. The lowest BCUT2D eigenvalue weighted by molar-refractivity contribution is 0.0543. The monoisotopic (exact) mass is 273 g/mol. The second kappa shape index (κ2) is 5.98. The van der Waals surface area contributed by atoms with Crippen LogP contribution in [0.4, 0.5) is 0 Å². The Kier molecular flexibility index (Phi) is 4.08. The molecule has 2 heterocycles. The number of hydrogen-bond acceptors (Lipinski definition) is 3. The van der Waals surface area contributed by atoms with E-state index in [9.17, 15) is 0 Å². The number of rotatable bonds is 4. The molecule has 0 aliphatic carbocycles. The molecule has 0 spiro atoms. The van der Waals surface area contributed by atoms with Gasteiger partial charge in [-0.05, 0) is 44.7 Å². The molecule has 0 saturated carbocycles. The summed E-state index contributed by atoms with van der Waals surface area (Å²) in [5.74, 6) is 1.72. The second-order valence-corrected chi connectivity index (χ2v) is 5.81. The SMILES string of the molecule is CC(NC(C)C1CCOCC1)c1cc2ccccc2o1. The van der Waals surface area contributed by atoms with Crippen molar-refractivity contribution in [2.45, 2.75) is 38.8 Å². The number of hydrogen-bond donors (Lipinski definition) is 1.